The molecular formula is C22H21F3N2O6. The van der Waals surface area contributed by atoms with Crippen LogP contribution in [0.15, 0.2) is 42.5 Å². The molecule has 8 nitrogen and oxygen atoms in total. The number of anilines is 2. The number of ether oxygens (including phenoxy) is 3. The Bertz CT molecular complexity index is 1060. The lowest BCUT2D eigenvalue weighted by molar-refractivity contribution is -0.151. The molecule has 1 fully saturated rings. The van der Waals surface area contributed by atoms with E-state index in [2.05, 4.69) is 5.32 Å². The number of para-hydroxylation sites is 1. The molecule has 176 valence electrons. The smallest absolute Gasteiger partial charge is 0.418 e. The van der Waals surface area contributed by atoms with E-state index in [1.165, 1.54) is 31.3 Å². The van der Waals surface area contributed by atoms with Gasteiger partial charge in [-0.25, -0.2) is 0 Å². The highest BCUT2D eigenvalue weighted by Gasteiger charge is 2.38. The van der Waals surface area contributed by atoms with E-state index in [1.54, 1.807) is 18.2 Å². The standard InChI is InChI=1S/C22H21F3N2O6/c1-31-14-7-8-18(32-2)17(10-14)27-11-13(9-20(27)29)21(30)33-12-19(28)26-16-6-4-3-5-15(16)22(23,24)25/h3-8,10,13H,9,11-12H2,1-2H3,(H,26,28)/t13-/m1/s1. The monoisotopic (exact) mass is 466 g/mol. The van der Waals surface area contributed by atoms with Gasteiger partial charge >= 0.3 is 12.1 Å². The fraction of sp³-hybridized carbons (Fsp3) is 0.318. The van der Waals surface area contributed by atoms with Crippen LogP contribution in [0.4, 0.5) is 24.5 Å². The molecule has 1 saturated heterocycles. The van der Waals surface area contributed by atoms with E-state index in [4.69, 9.17) is 14.2 Å². The molecule has 1 atom stereocenters. The summed E-state index contributed by atoms with van der Waals surface area (Å²) in [6.07, 6.45) is -4.81. The Labute approximate surface area is 187 Å². The van der Waals surface area contributed by atoms with Gasteiger partial charge in [-0.15, -0.1) is 0 Å². The first-order valence-corrected chi connectivity index (χ1v) is 9.79. The third-order valence-electron chi connectivity index (χ3n) is 4.99. The normalized spacial score (nSPS) is 15.8. The highest BCUT2D eigenvalue weighted by molar-refractivity contribution is 6.01. The van der Waals surface area contributed by atoms with Gasteiger partial charge in [-0.05, 0) is 24.3 Å². The lowest BCUT2D eigenvalue weighted by Crippen LogP contribution is -2.28. The van der Waals surface area contributed by atoms with E-state index in [0.717, 1.165) is 12.1 Å². The maximum atomic E-state index is 13.0. The van der Waals surface area contributed by atoms with Crippen molar-refractivity contribution in [2.75, 3.05) is 37.6 Å². The van der Waals surface area contributed by atoms with Gasteiger partial charge in [0, 0.05) is 19.0 Å². The van der Waals surface area contributed by atoms with Crippen LogP contribution in [0.2, 0.25) is 0 Å². The van der Waals surface area contributed by atoms with Gasteiger partial charge in [0.2, 0.25) is 5.91 Å². The van der Waals surface area contributed by atoms with Crippen molar-refractivity contribution in [3.05, 3.63) is 48.0 Å². The van der Waals surface area contributed by atoms with Gasteiger partial charge in [-0.2, -0.15) is 13.2 Å². The van der Waals surface area contributed by atoms with Crippen molar-refractivity contribution in [1.29, 1.82) is 0 Å². The number of carbonyl (C=O) groups is 3. The molecule has 1 heterocycles. The highest BCUT2D eigenvalue weighted by atomic mass is 19.4. The van der Waals surface area contributed by atoms with E-state index in [-0.39, 0.29) is 18.9 Å². The number of alkyl halides is 3. The van der Waals surface area contributed by atoms with Crippen molar-refractivity contribution in [2.24, 2.45) is 5.92 Å². The average molecular weight is 466 g/mol. The molecule has 0 aliphatic carbocycles. The first-order valence-electron chi connectivity index (χ1n) is 9.79. The number of benzene rings is 2. The topological polar surface area (TPSA) is 94.2 Å². The third-order valence-corrected chi connectivity index (χ3v) is 4.99. The number of esters is 1. The van der Waals surface area contributed by atoms with Crippen molar-refractivity contribution in [1.82, 2.24) is 0 Å². The van der Waals surface area contributed by atoms with E-state index in [9.17, 15) is 27.6 Å². The van der Waals surface area contributed by atoms with Crippen molar-refractivity contribution < 1.29 is 41.8 Å². The van der Waals surface area contributed by atoms with Crippen LogP contribution in [0.3, 0.4) is 0 Å². The second kappa shape index (κ2) is 9.80. The second-order valence-electron chi connectivity index (χ2n) is 7.14. The zero-order chi connectivity index (χ0) is 24.2. The Hall–Kier alpha value is -3.76. The third kappa shape index (κ3) is 5.54. The number of amides is 2. The molecule has 0 unspecified atom stereocenters. The summed E-state index contributed by atoms with van der Waals surface area (Å²) in [5.41, 5.74) is -1.05. The number of rotatable bonds is 7. The minimum absolute atomic E-state index is 0.0142. The Morgan fingerprint density at radius 3 is 2.52 bits per heavy atom. The summed E-state index contributed by atoms with van der Waals surface area (Å²) in [5, 5.41) is 2.09. The Kier molecular flexibility index (Phi) is 7.10. The van der Waals surface area contributed by atoms with Gasteiger partial charge in [-0.3, -0.25) is 14.4 Å². The number of nitrogens with zero attached hydrogens (tertiary/aromatic N) is 1. The number of hydrogen-bond acceptors (Lipinski definition) is 6. The van der Waals surface area contributed by atoms with Crippen molar-refractivity contribution in [3.63, 3.8) is 0 Å². The van der Waals surface area contributed by atoms with Crippen molar-refractivity contribution in [3.8, 4) is 11.5 Å². The quantitative estimate of drug-likeness (QED) is 0.630. The summed E-state index contributed by atoms with van der Waals surface area (Å²) >= 11 is 0. The molecule has 3 rings (SSSR count). The minimum atomic E-state index is -4.66. The van der Waals surface area contributed by atoms with E-state index < -0.39 is 41.8 Å². The molecule has 0 aromatic heterocycles. The summed E-state index contributed by atoms with van der Waals surface area (Å²) in [6, 6.07) is 9.32. The molecule has 1 aliphatic heterocycles. The lowest BCUT2D eigenvalue weighted by atomic mass is 10.1. The van der Waals surface area contributed by atoms with Crippen molar-refractivity contribution >= 4 is 29.2 Å². The second-order valence-corrected chi connectivity index (χ2v) is 7.14. The van der Waals surface area contributed by atoms with Crippen LogP contribution in [-0.2, 0) is 25.3 Å². The number of methoxy groups -OCH3 is 2. The van der Waals surface area contributed by atoms with E-state index in [0.29, 0.717) is 17.2 Å². The van der Waals surface area contributed by atoms with Crippen LogP contribution >= 0.6 is 0 Å². The SMILES string of the molecule is COc1ccc(OC)c(N2C[C@H](C(=O)OCC(=O)Nc3ccccc3C(F)(F)F)CC2=O)c1. The Balaban J connectivity index is 1.61. The zero-order valence-electron chi connectivity index (χ0n) is 17.8. The number of hydrogen-bond donors (Lipinski definition) is 1. The van der Waals surface area contributed by atoms with E-state index in [1.807, 2.05) is 0 Å². The lowest BCUT2D eigenvalue weighted by Gasteiger charge is -2.20. The fourth-order valence-electron chi connectivity index (χ4n) is 3.39. The predicted molar refractivity (Wildman–Crippen MR) is 111 cm³/mol. The molecule has 0 saturated carbocycles. The van der Waals surface area contributed by atoms with Crippen LogP contribution in [0.1, 0.15) is 12.0 Å². The highest BCUT2D eigenvalue weighted by Crippen LogP contribution is 2.36. The fourth-order valence-corrected chi connectivity index (χ4v) is 3.39. The molecule has 0 radical (unpaired) electrons. The molecule has 0 bridgehead atoms. The number of halogens is 3. The molecule has 2 aromatic carbocycles. The maximum Gasteiger partial charge on any atom is 0.418 e. The summed E-state index contributed by atoms with van der Waals surface area (Å²) in [6.45, 7) is -0.808. The Morgan fingerprint density at radius 2 is 1.85 bits per heavy atom. The van der Waals surface area contributed by atoms with Crippen molar-refractivity contribution in [2.45, 2.75) is 12.6 Å². The average Bonchev–Trinajstić information content (AvgIpc) is 3.18. The first kappa shape index (κ1) is 23.9. The number of nitrogens with one attached hydrogen (secondary N) is 1. The molecule has 33 heavy (non-hydrogen) atoms. The van der Waals surface area contributed by atoms with Gasteiger partial charge in [-0.1, -0.05) is 12.1 Å². The molecular weight excluding hydrogens is 445 g/mol. The summed E-state index contributed by atoms with van der Waals surface area (Å²) in [5.74, 6) is -2.07. The maximum absolute atomic E-state index is 13.0. The van der Waals surface area contributed by atoms with Crippen LogP contribution in [0, 0.1) is 5.92 Å². The largest absolute Gasteiger partial charge is 0.497 e. The summed E-state index contributed by atoms with van der Waals surface area (Å²) < 4.78 is 54.5. The van der Waals surface area contributed by atoms with Gasteiger partial charge in [0.25, 0.3) is 5.91 Å². The number of carbonyl (C=O) groups excluding carboxylic acids is 3. The van der Waals surface area contributed by atoms with Crippen LogP contribution in [0.25, 0.3) is 0 Å². The Morgan fingerprint density at radius 1 is 1.12 bits per heavy atom. The molecule has 1 N–H and O–H groups in total. The summed E-state index contributed by atoms with van der Waals surface area (Å²) in [7, 11) is 2.91. The van der Waals surface area contributed by atoms with Gasteiger partial charge < -0.3 is 24.4 Å². The predicted octanol–water partition coefficient (Wildman–Crippen LogP) is 3.26. The molecule has 1 aliphatic rings. The zero-order valence-corrected chi connectivity index (χ0v) is 17.8. The first-order chi connectivity index (χ1) is 15.6. The van der Waals surface area contributed by atoms with Crippen LogP contribution in [-0.4, -0.2) is 45.2 Å². The molecule has 2 aromatic rings. The molecule has 11 heteroatoms. The van der Waals surface area contributed by atoms with Crippen LogP contribution < -0.4 is 19.7 Å². The minimum Gasteiger partial charge on any atom is -0.497 e. The van der Waals surface area contributed by atoms with Crippen LogP contribution in [0.5, 0.6) is 11.5 Å². The van der Waals surface area contributed by atoms with Gasteiger partial charge in [0.1, 0.15) is 11.5 Å². The van der Waals surface area contributed by atoms with Gasteiger partial charge in [0.15, 0.2) is 6.61 Å². The molecule has 2 amide bonds. The van der Waals surface area contributed by atoms with E-state index >= 15 is 0 Å². The van der Waals surface area contributed by atoms with Gasteiger partial charge in [0.05, 0.1) is 37.1 Å². The summed E-state index contributed by atoms with van der Waals surface area (Å²) in [4.78, 5) is 38.3. The molecule has 0 spiro atoms.